The van der Waals surface area contributed by atoms with E-state index in [1.807, 2.05) is 537 Å². The molecular weight excluding hydrogens is 1010 g/mol. The Kier molecular flexibility index (Phi) is 276. The van der Waals surface area contributed by atoms with Gasteiger partial charge < -0.3 is 9.80 Å². The average molecular weight is 1160 g/mol. The van der Waals surface area contributed by atoms with Crippen molar-refractivity contribution in [2.45, 2.75) is 194 Å². The molecule has 0 aliphatic carbocycles. The van der Waals surface area contributed by atoms with Crippen molar-refractivity contribution >= 4 is 0 Å². The maximum atomic E-state index is 2.00. The van der Waals surface area contributed by atoms with Crippen molar-refractivity contribution in [3.8, 4) is 0 Å². The number of hydrogen-bond donors (Lipinski definition) is 0. The van der Waals surface area contributed by atoms with E-state index in [1.165, 1.54) is 0 Å². The molecule has 0 aliphatic rings. The van der Waals surface area contributed by atoms with Crippen molar-refractivity contribution in [3.63, 3.8) is 0 Å². The number of nitrogens with zero attached hydrogens (tertiary/aromatic N) is 2. The molecule has 8 aromatic carbocycles. The molecule has 84 heavy (non-hydrogen) atoms. The highest BCUT2D eigenvalue weighted by molar-refractivity contribution is 5.03. The van der Waals surface area contributed by atoms with Crippen molar-refractivity contribution in [1.29, 1.82) is 0 Å². The topological polar surface area (TPSA) is 6.48 Å². The number of rotatable bonds is 0. The lowest BCUT2D eigenvalue weighted by molar-refractivity contribution is 0.505. The Labute approximate surface area is 534 Å². The summed E-state index contributed by atoms with van der Waals surface area (Å²) in [5.74, 6) is 0. The highest BCUT2D eigenvalue weighted by Crippen LogP contribution is 1.84. The van der Waals surface area contributed by atoms with Gasteiger partial charge in [-0.15, -0.1) is 0 Å². The van der Waals surface area contributed by atoms with Gasteiger partial charge in [-0.25, -0.2) is 0 Å². The predicted molar refractivity (Wildman–Crippen MR) is 410 cm³/mol. The standard InChI is InChI=1S/8C6H6.2C3H9N.14C2H6/c8*1-2-4-6-5-3-1;2*1-4(2)3;14*1-2/h8*1-6H;2*1-3H3;14*1-2H3. The first kappa shape index (κ1) is 120. The summed E-state index contributed by atoms with van der Waals surface area (Å²) in [6.45, 7) is 56.0. The number of hydrogen-bond acceptors (Lipinski definition) is 2. The fourth-order valence-corrected chi connectivity index (χ4v) is 3.08. The first-order valence-corrected chi connectivity index (χ1v) is 32.7. The van der Waals surface area contributed by atoms with Crippen molar-refractivity contribution in [2.24, 2.45) is 0 Å². The van der Waals surface area contributed by atoms with E-state index >= 15 is 0 Å². The molecule has 0 unspecified atom stereocenters. The summed E-state index contributed by atoms with van der Waals surface area (Å²) in [7, 11) is 12.0. The minimum Gasteiger partial charge on any atom is -0.312 e. The molecule has 0 bridgehead atoms. The summed E-state index contributed by atoms with van der Waals surface area (Å²) >= 11 is 0. The van der Waals surface area contributed by atoms with Crippen molar-refractivity contribution in [3.05, 3.63) is 291 Å². The minimum atomic E-state index is 2.00. The van der Waals surface area contributed by atoms with Gasteiger partial charge in [-0.05, 0) is 42.3 Å². The Hall–Kier alpha value is -6.32. The quantitative estimate of drug-likeness (QED) is 0.149. The summed E-state index contributed by atoms with van der Waals surface area (Å²) in [4.78, 5) is 4.00. The summed E-state index contributed by atoms with van der Waals surface area (Å²) in [6, 6.07) is 96.0. The zero-order valence-electron chi connectivity index (χ0n) is 62.6. The Bertz CT molecular complexity index is 1050. The lowest BCUT2D eigenvalue weighted by Gasteiger charge is -1.90. The minimum absolute atomic E-state index is 2.00. The van der Waals surface area contributed by atoms with Crippen LogP contribution in [0.5, 0.6) is 0 Å². The molecule has 0 saturated heterocycles. The average Bonchev–Trinajstić information content (AvgIpc) is 3.64. The van der Waals surface area contributed by atoms with Crippen LogP contribution in [0.1, 0.15) is 194 Å². The maximum Gasteiger partial charge on any atom is -0.0140 e. The molecule has 0 saturated carbocycles. The van der Waals surface area contributed by atoms with Crippen LogP contribution in [0.4, 0.5) is 0 Å². The van der Waals surface area contributed by atoms with Gasteiger partial charge in [0, 0.05) is 0 Å². The van der Waals surface area contributed by atoms with Gasteiger partial charge in [-0.1, -0.05) is 485 Å². The van der Waals surface area contributed by atoms with Crippen LogP contribution in [0, 0.1) is 0 Å². The molecule has 0 N–H and O–H groups in total. The van der Waals surface area contributed by atoms with Gasteiger partial charge in [0.15, 0.2) is 0 Å². The molecule has 0 aromatic heterocycles. The van der Waals surface area contributed by atoms with Gasteiger partial charge in [-0.2, -0.15) is 0 Å². The smallest absolute Gasteiger partial charge is 0.0140 e. The normalized spacial score (nSPS) is 6.43. The lowest BCUT2D eigenvalue weighted by atomic mass is 10.4. The van der Waals surface area contributed by atoms with E-state index in [1.54, 1.807) is 0 Å². The fraction of sp³-hybridized carbons (Fsp3) is 0.415. The van der Waals surface area contributed by atoms with Gasteiger partial charge in [0.05, 0.1) is 0 Å². The lowest BCUT2D eigenvalue weighted by Crippen LogP contribution is -1.99. The largest absolute Gasteiger partial charge is 0.312 e. The SMILES string of the molecule is CC.CC.CC.CC.CC.CC.CC.CC.CC.CC.CC.CC.CC.CC.CN(C)C.CN(C)C.c1ccccc1.c1ccccc1.c1ccccc1.c1ccccc1.c1ccccc1.c1ccccc1.c1ccccc1.c1ccccc1. The molecule has 2 heteroatoms. The van der Waals surface area contributed by atoms with Crippen LogP contribution in [-0.2, 0) is 0 Å². The van der Waals surface area contributed by atoms with Crippen molar-refractivity contribution in [1.82, 2.24) is 9.80 Å². The second-order valence-electron chi connectivity index (χ2n) is 11.9. The monoisotopic (exact) mass is 1160 g/mol. The van der Waals surface area contributed by atoms with E-state index in [0.29, 0.717) is 0 Å². The second-order valence-corrected chi connectivity index (χ2v) is 11.9. The van der Waals surface area contributed by atoms with Crippen LogP contribution in [0.15, 0.2) is 291 Å². The Morgan fingerprint density at radius 3 is 0.107 bits per heavy atom. The van der Waals surface area contributed by atoms with E-state index in [0.717, 1.165) is 0 Å². The van der Waals surface area contributed by atoms with E-state index in [-0.39, 0.29) is 0 Å². The van der Waals surface area contributed by atoms with E-state index in [9.17, 15) is 0 Å². The molecule has 8 aromatic rings. The Morgan fingerprint density at radius 2 is 0.0952 bits per heavy atom. The Balaban J connectivity index is -0.0000000418. The van der Waals surface area contributed by atoms with Crippen LogP contribution in [0.25, 0.3) is 0 Å². The molecule has 8 rings (SSSR count). The predicted octanol–water partition coefficient (Wildman–Crippen LogP) is 28.2. The third-order valence-corrected chi connectivity index (χ3v) is 5.33. The van der Waals surface area contributed by atoms with Gasteiger partial charge in [0.25, 0.3) is 0 Å². The van der Waals surface area contributed by atoms with E-state index in [2.05, 4.69) is 0 Å². The van der Waals surface area contributed by atoms with Crippen LogP contribution in [0.2, 0.25) is 0 Å². The van der Waals surface area contributed by atoms with Crippen molar-refractivity contribution < 1.29 is 0 Å². The Morgan fingerprint density at radius 1 is 0.0833 bits per heavy atom. The highest BCUT2D eigenvalue weighted by Gasteiger charge is 1.63. The second kappa shape index (κ2) is 193. The zero-order valence-corrected chi connectivity index (χ0v) is 62.6. The van der Waals surface area contributed by atoms with Crippen molar-refractivity contribution in [2.75, 3.05) is 42.3 Å². The molecule has 0 spiro atoms. The van der Waals surface area contributed by atoms with Gasteiger partial charge in [-0.3, -0.25) is 0 Å². The highest BCUT2D eigenvalue weighted by atomic mass is 15.0. The molecule has 0 aliphatic heterocycles. The van der Waals surface area contributed by atoms with Crippen LogP contribution in [0.3, 0.4) is 0 Å². The molecule has 0 heterocycles. The molecule has 0 atom stereocenters. The number of benzene rings is 8. The molecular formula is C82H150N2. The van der Waals surface area contributed by atoms with Gasteiger partial charge >= 0.3 is 0 Å². The maximum absolute atomic E-state index is 2.00. The molecule has 0 amide bonds. The first-order valence-electron chi connectivity index (χ1n) is 32.7. The third-order valence-electron chi connectivity index (χ3n) is 5.33. The van der Waals surface area contributed by atoms with Gasteiger partial charge in [0.2, 0.25) is 0 Å². The molecule has 2 nitrogen and oxygen atoms in total. The summed E-state index contributed by atoms with van der Waals surface area (Å²) < 4.78 is 0. The summed E-state index contributed by atoms with van der Waals surface area (Å²) in [6.07, 6.45) is 0. The zero-order chi connectivity index (χ0) is 69.1. The fourth-order valence-electron chi connectivity index (χ4n) is 3.08. The molecule has 0 fully saturated rings. The first-order chi connectivity index (χ1) is 41.5. The van der Waals surface area contributed by atoms with Crippen LogP contribution >= 0.6 is 0 Å². The van der Waals surface area contributed by atoms with E-state index in [4.69, 9.17) is 0 Å². The third kappa shape index (κ3) is 243. The molecule has 488 valence electrons. The summed E-state index contributed by atoms with van der Waals surface area (Å²) in [5.41, 5.74) is 0. The van der Waals surface area contributed by atoms with Crippen LogP contribution in [-0.4, -0.2) is 52.1 Å². The molecule has 0 radical (unpaired) electrons. The van der Waals surface area contributed by atoms with Crippen LogP contribution < -0.4 is 0 Å². The summed E-state index contributed by atoms with van der Waals surface area (Å²) in [5, 5.41) is 0. The van der Waals surface area contributed by atoms with Gasteiger partial charge in [0.1, 0.15) is 0 Å². The van der Waals surface area contributed by atoms with E-state index < -0.39 is 0 Å².